The molecule has 1 amide bonds. The van der Waals surface area contributed by atoms with E-state index in [1.54, 1.807) is 26.0 Å². The van der Waals surface area contributed by atoms with Gasteiger partial charge in [0.1, 0.15) is 6.04 Å². The molecule has 0 aliphatic carbocycles. The molecule has 112 valence electrons. The number of rotatable bonds is 5. The Kier molecular flexibility index (Phi) is 5.16. The number of likely N-dealkylation sites (N-methyl/N-ethyl adjacent to an activating group) is 1. The third kappa shape index (κ3) is 3.96. The lowest BCUT2D eigenvalue weighted by Crippen LogP contribution is -2.47. The Morgan fingerprint density at radius 3 is 2.15 bits per heavy atom. The van der Waals surface area contributed by atoms with Crippen LogP contribution in [0.1, 0.15) is 25.0 Å². The van der Waals surface area contributed by atoms with E-state index >= 15 is 0 Å². The van der Waals surface area contributed by atoms with Gasteiger partial charge in [0.05, 0.1) is 11.9 Å². The molecule has 1 aromatic rings. The molecular weight excluding hydrogens is 276 g/mol. The molecule has 1 atom stereocenters. The van der Waals surface area contributed by atoms with Crippen LogP contribution >= 0.6 is 0 Å². The summed E-state index contributed by atoms with van der Waals surface area (Å²) in [5, 5.41) is 2.65. The Labute approximate surface area is 121 Å². The maximum atomic E-state index is 12.1. The second-order valence-electron chi connectivity index (χ2n) is 4.98. The van der Waals surface area contributed by atoms with Crippen molar-refractivity contribution in [3.63, 3.8) is 0 Å². The first-order valence-corrected chi connectivity index (χ1v) is 8.37. The summed E-state index contributed by atoms with van der Waals surface area (Å²) in [6, 6.07) is 4.71. The molecule has 0 aliphatic rings. The predicted molar refractivity (Wildman–Crippen MR) is 81.4 cm³/mol. The molecule has 6 heteroatoms. The normalized spacial score (nSPS) is 12.8. The van der Waals surface area contributed by atoms with Crippen molar-refractivity contribution in [2.45, 2.75) is 33.7 Å². The highest BCUT2D eigenvalue weighted by molar-refractivity contribution is 7.92. The van der Waals surface area contributed by atoms with Gasteiger partial charge in [0, 0.05) is 6.54 Å². The SMILES string of the molecule is CCNC(=O)[C@@H](C)N(c1cc(C)cc(C)c1)S(C)(=O)=O. The average Bonchev–Trinajstić information content (AvgIpc) is 2.25. The Balaban J connectivity index is 3.30. The van der Waals surface area contributed by atoms with Crippen molar-refractivity contribution in [2.75, 3.05) is 17.1 Å². The van der Waals surface area contributed by atoms with Gasteiger partial charge in [-0.2, -0.15) is 0 Å². The van der Waals surface area contributed by atoms with Gasteiger partial charge in [-0.15, -0.1) is 0 Å². The molecule has 0 aromatic heterocycles. The van der Waals surface area contributed by atoms with E-state index in [9.17, 15) is 13.2 Å². The van der Waals surface area contributed by atoms with E-state index in [2.05, 4.69) is 5.32 Å². The Morgan fingerprint density at radius 1 is 1.25 bits per heavy atom. The largest absolute Gasteiger partial charge is 0.355 e. The van der Waals surface area contributed by atoms with Crippen molar-refractivity contribution < 1.29 is 13.2 Å². The summed E-state index contributed by atoms with van der Waals surface area (Å²) in [5.74, 6) is -0.308. The zero-order valence-corrected chi connectivity index (χ0v) is 13.4. The lowest BCUT2D eigenvalue weighted by atomic mass is 10.1. The Bertz CT molecular complexity index is 576. The molecular formula is C14H22N2O3S. The van der Waals surface area contributed by atoms with Gasteiger partial charge >= 0.3 is 0 Å². The van der Waals surface area contributed by atoms with Crippen LogP contribution in [0.4, 0.5) is 5.69 Å². The first kappa shape index (κ1) is 16.5. The van der Waals surface area contributed by atoms with Crippen LogP contribution in [0.15, 0.2) is 18.2 Å². The maximum Gasteiger partial charge on any atom is 0.243 e. The number of nitrogens with one attached hydrogen (secondary N) is 1. The van der Waals surface area contributed by atoms with Gasteiger partial charge in [-0.3, -0.25) is 9.10 Å². The Morgan fingerprint density at radius 2 is 1.75 bits per heavy atom. The molecule has 0 saturated heterocycles. The van der Waals surface area contributed by atoms with E-state index in [-0.39, 0.29) is 5.91 Å². The smallest absolute Gasteiger partial charge is 0.243 e. The molecule has 1 N–H and O–H groups in total. The second kappa shape index (κ2) is 6.26. The van der Waals surface area contributed by atoms with Crippen LogP contribution in [0.5, 0.6) is 0 Å². The molecule has 0 bridgehead atoms. The maximum absolute atomic E-state index is 12.1. The van der Waals surface area contributed by atoms with E-state index in [1.165, 1.54) is 0 Å². The quantitative estimate of drug-likeness (QED) is 0.898. The summed E-state index contributed by atoms with van der Waals surface area (Å²) in [4.78, 5) is 12.0. The van der Waals surface area contributed by atoms with Crippen LogP contribution in [-0.4, -0.2) is 33.2 Å². The molecule has 0 unspecified atom stereocenters. The van der Waals surface area contributed by atoms with Crippen molar-refractivity contribution in [2.24, 2.45) is 0 Å². The van der Waals surface area contributed by atoms with E-state index in [4.69, 9.17) is 0 Å². The number of hydrogen-bond donors (Lipinski definition) is 1. The second-order valence-corrected chi connectivity index (χ2v) is 6.83. The van der Waals surface area contributed by atoms with Crippen molar-refractivity contribution in [3.8, 4) is 0 Å². The molecule has 20 heavy (non-hydrogen) atoms. The number of nitrogens with zero attached hydrogens (tertiary/aromatic N) is 1. The van der Waals surface area contributed by atoms with Crippen LogP contribution in [0.2, 0.25) is 0 Å². The van der Waals surface area contributed by atoms with Crippen molar-refractivity contribution >= 4 is 21.6 Å². The number of carbonyl (C=O) groups excluding carboxylic acids is 1. The van der Waals surface area contributed by atoms with Gasteiger partial charge in [-0.1, -0.05) is 6.07 Å². The summed E-state index contributed by atoms with van der Waals surface area (Å²) < 4.78 is 25.3. The topological polar surface area (TPSA) is 66.5 Å². The third-order valence-corrected chi connectivity index (χ3v) is 4.14. The van der Waals surface area contributed by atoms with Crippen LogP contribution < -0.4 is 9.62 Å². The zero-order valence-electron chi connectivity index (χ0n) is 12.6. The fraction of sp³-hybridized carbons (Fsp3) is 0.500. The van der Waals surface area contributed by atoms with Gasteiger partial charge in [-0.05, 0) is 51.0 Å². The van der Waals surface area contributed by atoms with Gasteiger partial charge in [0.2, 0.25) is 15.9 Å². The van der Waals surface area contributed by atoms with Gasteiger partial charge in [0.15, 0.2) is 0 Å². The molecule has 0 spiro atoms. The summed E-state index contributed by atoms with van der Waals surface area (Å²) >= 11 is 0. The number of hydrogen-bond acceptors (Lipinski definition) is 3. The molecule has 0 aliphatic heterocycles. The number of carbonyl (C=O) groups is 1. The van der Waals surface area contributed by atoms with E-state index in [1.807, 2.05) is 19.9 Å². The lowest BCUT2D eigenvalue weighted by Gasteiger charge is -2.28. The fourth-order valence-corrected chi connectivity index (χ4v) is 3.37. The number of amides is 1. The van der Waals surface area contributed by atoms with Gasteiger partial charge < -0.3 is 5.32 Å². The number of aryl methyl sites for hydroxylation is 2. The first-order chi connectivity index (χ1) is 9.16. The highest BCUT2D eigenvalue weighted by Crippen LogP contribution is 2.23. The van der Waals surface area contributed by atoms with Crippen LogP contribution in [-0.2, 0) is 14.8 Å². The standard InChI is InChI=1S/C14H22N2O3S/c1-6-15-14(17)12(4)16(20(5,18)19)13-8-10(2)7-11(3)9-13/h7-9,12H,6H2,1-5H3,(H,15,17)/t12-/m1/s1. The monoisotopic (exact) mass is 298 g/mol. The molecule has 1 rings (SSSR count). The first-order valence-electron chi connectivity index (χ1n) is 6.52. The van der Waals surface area contributed by atoms with Crippen LogP contribution in [0, 0.1) is 13.8 Å². The zero-order chi connectivity index (χ0) is 15.5. The van der Waals surface area contributed by atoms with Crippen LogP contribution in [0.25, 0.3) is 0 Å². The minimum absolute atomic E-state index is 0.308. The highest BCUT2D eigenvalue weighted by atomic mass is 32.2. The number of benzene rings is 1. The van der Waals surface area contributed by atoms with E-state index in [0.717, 1.165) is 21.7 Å². The molecule has 0 heterocycles. The van der Waals surface area contributed by atoms with E-state index in [0.29, 0.717) is 12.2 Å². The van der Waals surface area contributed by atoms with Crippen molar-refractivity contribution in [1.82, 2.24) is 5.32 Å². The number of anilines is 1. The molecule has 0 radical (unpaired) electrons. The van der Waals surface area contributed by atoms with Crippen molar-refractivity contribution in [3.05, 3.63) is 29.3 Å². The summed E-state index contributed by atoms with van der Waals surface area (Å²) in [6.45, 7) is 7.64. The Hall–Kier alpha value is -1.56. The van der Waals surface area contributed by atoms with Crippen LogP contribution in [0.3, 0.4) is 0 Å². The van der Waals surface area contributed by atoms with Crippen molar-refractivity contribution in [1.29, 1.82) is 0 Å². The minimum Gasteiger partial charge on any atom is -0.355 e. The molecule has 1 aromatic carbocycles. The van der Waals surface area contributed by atoms with Gasteiger partial charge in [-0.25, -0.2) is 8.42 Å². The predicted octanol–water partition coefficient (Wildman–Crippen LogP) is 1.59. The lowest BCUT2D eigenvalue weighted by molar-refractivity contribution is -0.121. The average molecular weight is 298 g/mol. The minimum atomic E-state index is -3.54. The molecule has 5 nitrogen and oxygen atoms in total. The van der Waals surface area contributed by atoms with Gasteiger partial charge in [0.25, 0.3) is 0 Å². The molecule has 0 saturated carbocycles. The number of sulfonamides is 1. The molecule has 0 fully saturated rings. The highest BCUT2D eigenvalue weighted by Gasteiger charge is 2.28. The fourth-order valence-electron chi connectivity index (χ4n) is 2.21. The summed E-state index contributed by atoms with van der Waals surface area (Å²) in [6.07, 6.45) is 1.11. The summed E-state index contributed by atoms with van der Waals surface area (Å²) in [5.41, 5.74) is 2.43. The van der Waals surface area contributed by atoms with E-state index < -0.39 is 16.1 Å². The third-order valence-electron chi connectivity index (χ3n) is 2.90. The summed E-state index contributed by atoms with van der Waals surface area (Å²) in [7, 11) is -3.54.